The van der Waals surface area contributed by atoms with Crippen molar-refractivity contribution in [1.29, 1.82) is 0 Å². The van der Waals surface area contributed by atoms with Gasteiger partial charge in [-0.1, -0.05) is 13.8 Å². The molecule has 162 valence electrons. The van der Waals surface area contributed by atoms with Crippen LogP contribution in [0, 0.1) is 0 Å². The van der Waals surface area contributed by atoms with Crippen LogP contribution in [-0.2, 0) is 15.8 Å². The van der Waals surface area contributed by atoms with E-state index >= 15 is 0 Å². The molecule has 2 rings (SSSR count). The molecule has 0 fully saturated rings. The number of halogens is 3. The number of rotatable bonds is 10. The summed E-state index contributed by atoms with van der Waals surface area (Å²) < 4.78 is 43.3. The van der Waals surface area contributed by atoms with Crippen LogP contribution in [0.5, 0.6) is 11.5 Å². The first-order valence-corrected chi connectivity index (χ1v) is 9.34. The highest BCUT2D eigenvalue weighted by molar-refractivity contribution is 5.92. The first-order valence-electron chi connectivity index (χ1n) is 9.34. The molecule has 1 atom stereocenters. The van der Waals surface area contributed by atoms with E-state index in [1.165, 1.54) is 12.1 Å². The van der Waals surface area contributed by atoms with E-state index in [0.29, 0.717) is 18.0 Å². The Morgan fingerprint density at radius 2 is 1.57 bits per heavy atom. The minimum Gasteiger partial charge on any atom is -0.457 e. The monoisotopic (exact) mass is 423 g/mol. The number of anilines is 1. The fraction of sp³-hybridized carbons (Fsp3) is 0.333. The lowest BCUT2D eigenvalue weighted by atomic mass is 10.2. The predicted octanol–water partition coefficient (Wildman–Crippen LogP) is 3.59. The van der Waals surface area contributed by atoms with Gasteiger partial charge in [-0.3, -0.25) is 10.1 Å². The zero-order chi connectivity index (χ0) is 22.1. The Morgan fingerprint density at radius 3 is 2.07 bits per heavy atom. The largest absolute Gasteiger partial charge is 0.457 e. The van der Waals surface area contributed by atoms with Gasteiger partial charge in [0.25, 0.3) is 0 Å². The maximum atomic E-state index is 12.6. The third kappa shape index (κ3) is 7.84. The van der Waals surface area contributed by atoms with Gasteiger partial charge in [-0.25, -0.2) is 0 Å². The molecule has 9 heteroatoms. The summed E-state index contributed by atoms with van der Waals surface area (Å²) in [4.78, 5) is 23.1. The first kappa shape index (κ1) is 23.4. The SMILES string of the molecule is CC(C)NCC(C=O)NCC(=O)Nc1ccc(Oc2ccc(C(F)(F)F)cc2)cc1. The average molecular weight is 423 g/mol. The Kier molecular flexibility index (Phi) is 8.37. The zero-order valence-corrected chi connectivity index (χ0v) is 16.6. The Labute approximate surface area is 172 Å². The average Bonchev–Trinajstić information content (AvgIpc) is 2.69. The van der Waals surface area contributed by atoms with E-state index in [2.05, 4.69) is 16.0 Å². The second-order valence-corrected chi connectivity index (χ2v) is 6.88. The quantitative estimate of drug-likeness (QED) is 0.509. The van der Waals surface area contributed by atoms with Crippen molar-refractivity contribution in [2.45, 2.75) is 32.1 Å². The molecule has 2 aromatic rings. The molecule has 30 heavy (non-hydrogen) atoms. The van der Waals surface area contributed by atoms with Gasteiger partial charge in [-0.2, -0.15) is 13.2 Å². The normalized spacial score (nSPS) is 12.5. The van der Waals surface area contributed by atoms with Crippen LogP contribution in [0.4, 0.5) is 18.9 Å². The summed E-state index contributed by atoms with van der Waals surface area (Å²) >= 11 is 0. The summed E-state index contributed by atoms with van der Waals surface area (Å²) in [6.45, 7) is 4.30. The number of ether oxygens (including phenoxy) is 1. The van der Waals surface area contributed by atoms with Crippen molar-refractivity contribution in [3.8, 4) is 11.5 Å². The molecule has 2 aromatic carbocycles. The maximum absolute atomic E-state index is 12.6. The Hall–Kier alpha value is -2.91. The molecule has 3 N–H and O–H groups in total. The van der Waals surface area contributed by atoms with Crippen molar-refractivity contribution in [1.82, 2.24) is 10.6 Å². The molecule has 0 aromatic heterocycles. The van der Waals surface area contributed by atoms with E-state index in [1.54, 1.807) is 24.3 Å². The van der Waals surface area contributed by atoms with Gasteiger partial charge in [-0.15, -0.1) is 0 Å². The van der Waals surface area contributed by atoms with E-state index in [-0.39, 0.29) is 24.2 Å². The van der Waals surface area contributed by atoms with Crippen LogP contribution in [-0.4, -0.2) is 37.4 Å². The molecule has 1 amide bonds. The molecule has 0 bridgehead atoms. The number of alkyl halides is 3. The lowest BCUT2D eigenvalue weighted by molar-refractivity contribution is -0.137. The fourth-order valence-corrected chi connectivity index (χ4v) is 2.41. The summed E-state index contributed by atoms with van der Waals surface area (Å²) in [5, 5.41) is 8.65. The molecule has 6 nitrogen and oxygen atoms in total. The number of nitrogens with one attached hydrogen (secondary N) is 3. The highest BCUT2D eigenvalue weighted by atomic mass is 19.4. The summed E-state index contributed by atoms with van der Waals surface area (Å²) in [6, 6.07) is 10.5. The van der Waals surface area contributed by atoms with E-state index in [1.807, 2.05) is 13.8 Å². The van der Waals surface area contributed by atoms with Crippen molar-refractivity contribution in [3.63, 3.8) is 0 Å². The lowest BCUT2D eigenvalue weighted by Crippen LogP contribution is -2.44. The third-order valence-electron chi connectivity index (χ3n) is 3.99. The predicted molar refractivity (Wildman–Crippen MR) is 108 cm³/mol. The second-order valence-electron chi connectivity index (χ2n) is 6.88. The van der Waals surface area contributed by atoms with Gasteiger partial charge >= 0.3 is 6.18 Å². The number of carbonyl (C=O) groups excluding carboxylic acids is 2. The standard InChI is InChI=1S/C21H24F3N3O3/c1-14(2)25-11-17(13-28)26-12-20(29)27-16-5-9-19(10-6-16)30-18-7-3-15(4-8-18)21(22,23)24/h3-10,13-14,17,25-26H,11-12H2,1-2H3,(H,27,29). The number of amides is 1. The minimum atomic E-state index is -4.40. The van der Waals surface area contributed by atoms with Gasteiger partial charge in [0, 0.05) is 18.3 Å². The van der Waals surface area contributed by atoms with Crippen LogP contribution in [0.25, 0.3) is 0 Å². The molecular formula is C21H24F3N3O3. The van der Waals surface area contributed by atoms with Gasteiger partial charge in [0.15, 0.2) is 0 Å². The van der Waals surface area contributed by atoms with E-state index in [0.717, 1.165) is 18.4 Å². The van der Waals surface area contributed by atoms with Crippen LogP contribution in [0.15, 0.2) is 48.5 Å². The highest BCUT2D eigenvalue weighted by Gasteiger charge is 2.30. The Bertz CT molecular complexity index is 822. The molecule has 0 saturated carbocycles. The van der Waals surface area contributed by atoms with Gasteiger partial charge in [-0.05, 0) is 48.5 Å². The van der Waals surface area contributed by atoms with Crippen LogP contribution in [0.3, 0.4) is 0 Å². The Balaban J connectivity index is 1.83. The number of benzene rings is 2. The van der Waals surface area contributed by atoms with Gasteiger partial charge in [0.1, 0.15) is 17.8 Å². The van der Waals surface area contributed by atoms with E-state index in [4.69, 9.17) is 4.74 Å². The molecule has 0 radical (unpaired) electrons. The molecule has 1 unspecified atom stereocenters. The molecule has 0 saturated heterocycles. The smallest absolute Gasteiger partial charge is 0.416 e. The maximum Gasteiger partial charge on any atom is 0.416 e. The second kappa shape index (κ2) is 10.7. The van der Waals surface area contributed by atoms with E-state index in [9.17, 15) is 22.8 Å². The molecular weight excluding hydrogens is 399 g/mol. The van der Waals surface area contributed by atoms with Crippen LogP contribution in [0.1, 0.15) is 19.4 Å². The first-order chi connectivity index (χ1) is 14.2. The van der Waals surface area contributed by atoms with Gasteiger partial charge in [0.2, 0.25) is 5.91 Å². The fourth-order valence-electron chi connectivity index (χ4n) is 2.41. The summed E-state index contributed by atoms with van der Waals surface area (Å²) in [5.74, 6) is 0.355. The number of aldehydes is 1. The van der Waals surface area contributed by atoms with Crippen molar-refractivity contribution >= 4 is 17.9 Å². The number of hydrogen-bond donors (Lipinski definition) is 3. The third-order valence-corrected chi connectivity index (χ3v) is 3.99. The molecule has 0 spiro atoms. The van der Waals surface area contributed by atoms with Gasteiger partial charge in [0.05, 0.1) is 18.2 Å². The minimum absolute atomic E-state index is 0.0347. The highest BCUT2D eigenvalue weighted by Crippen LogP contribution is 2.31. The Morgan fingerprint density at radius 1 is 1.00 bits per heavy atom. The van der Waals surface area contributed by atoms with Crippen molar-refractivity contribution < 1.29 is 27.5 Å². The van der Waals surface area contributed by atoms with Gasteiger partial charge < -0.3 is 20.2 Å². The summed E-state index contributed by atoms with van der Waals surface area (Å²) in [6.07, 6.45) is -3.65. The molecule has 0 aliphatic heterocycles. The van der Waals surface area contributed by atoms with Crippen molar-refractivity contribution in [3.05, 3.63) is 54.1 Å². The number of hydrogen-bond acceptors (Lipinski definition) is 5. The molecule has 0 aliphatic carbocycles. The van der Waals surface area contributed by atoms with Crippen molar-refractivity contribution in [2.75, 3.05) is 18.4 Å². The summed E-state index contributed by atoms with van der Waals surface area (Å²) in [5.41, 5.74) is -0.233. The van der Waals surface area contributed by atoms with Crippen molar-refractivity contribution in [2.24, 2.45) is 0 Å². The van der Waals surface area contributed by atoms with Crippen LogP contribution < -0.4 is 20.7 Å². The number of carbonyl (C=O) groups is 2. The van der Waals surface area contributed by atoms with Crippen LogP contribution in [0.2, 0.25) is 0 Å². The summed E-state index contributed by atoms with van der Waals surface area (Å²) in [7, 11) is 0. The van der Waals surface area contributed by atoms with E-state index < -0.39 is 17.8 Å². The zero-order valence-electron chi connectivity index (χ0n) is 16.6. The lowest BCUT2D eigenvalue weighted by Gasteiger charge is -2.15. The molecule has 0 aliphatic rings. The van der Waals surface area contributed by atoms with Crippen LogP contribution >= 0.6 is 0 Å². The molecule has 0 heterocycles. The topological polar surface area (TPSA) is 79.5 Å².